The molecule has 0 radical (unpaired) electrons. The van der Waals surface area contributed by atoms with Crippen LogP contribution in [-0.4, -0.2) is 18.0 Å². The number of halogens is 2. The van der Waals surface area contributed by atoms with Crippen molar-refractivity contribution in [1.29, 1.82) is 0 Å². The summed E-state index contributed by atoms with van der Waals surface area (Å²) in [6.45, 7) is 0. The van der Waals surface area contributed by atoms with E-state index in [1.165, 1.54) is 13.3 Å². The van der Waals surface area contributed by atoms with Crippen molar-refractivity contribution < 1.29 is 18.3 Å². The number of nitrogens with zero attached hydrogens (tertiary/aromatic N) is 1. The maximum Gasteiger partial charge on any atom is 0.255 e. The van der Waals surface area contributed by atoms with E-state index in [-0.39, 0.29) is 5.56 Å². The van der Waals surface area contributed by atoms with Crippen molar-refractivity contribution >= 4 is 17.3 Å². The topological polar surface area (TPSA) is 77.2 Å². The third-order valence-electron chi connectivity index (χ3n) is 2.54. The molecular weight excluding hydrogens is 268 g/mol. The first-order chi connectivity index (χ1) is 9.51. The largest absolute Gasteiger partial charge is 0.481 e. The van der Waals surface area contributed by atoms with Crippen molar-refractivity contribution in [2.45, 2.75) is 0 Å². The lowest BCUT2D eigenvalue weighted by Crippen LogP contribution is -2.13. The molecule has 2 aromatic rings. The number of rotatable bonds is 3. The van der Waals surface area contributed by atoms with E-state index in [1.54, 1.807) is 12.1 Å². The van der Waals surface area contributed by atoms with Crippen LogP contribution in [0.4, 0.5) is 20.2 Å². The van der Waals surface area contributed by atoms with Gasteiger partial charge in [0.2, 0.25) is 5.88 Å². The van der Waals surface area contributed by atoms with Gasteiger partial charge in [-0.25, -0.2) is 13.8 Å². The number of nitrogens with two attached hydrogens (primary N) is 1. The SMILES string of the molecule is COc1ccc(NC(=O)c2cc(F)c(N)c(F)c2)cn1. The molecule has 0 saturated carbocycles. The molecular formula is C13H11F2N3O2. The molecule has 0 aliphatic rings. The molecule has 5 nitrogen and oxygen atoms in total. The van der Waals surface area contributed by atoms with E-state index in [4.69, 9.17) is 10.5 Å². The molecule has 0 saturated heterocycles. The molecule has 1 aromatic heterocycles. The lowest BCUT2D eigenvalue weighted by molar-refractivity contribution is 0.102. The van der Waals surface area contributed by atoms with Crippen LogP contribution in [0.3, 0.4) is 0 Å². The van der Waals surface area contributed by atoms with E-state index in [2.05, 4.69) is 10.3 Å². The van der Waals surface area contributed by atoms with Crippen LogP contribution in [0.25, 0.3) is 0 Å². The average Bonchev–Trinajstić information content (AvgIpc) is 2.45. The molecule has 7 heteroatoms. The summed E-state index contributed by atoms with van der Waals surface area (Å²) in [6.07, 6.45) is 1.36. The number of carbonyl (C=O) groups is 1. The second-order valence-electron chi connectivity index (χ2n) is 3.90. The minimum Gasteiger partial charge on any atom is -0.481 e. The van der Waals surface area contributed by atoms with Crippen LogP contribution in [0.5, 0.6) is 5.88 Å². The first-order valence-corrected chi connectivity index (χ1v) is 5.57. The predicted molar refractivity (Wildman–Crippen MR) is 69.5 cm³/mol. The van der Waals surface area contributed by atoms with Gasteiger partial charge < -0.3 is 15.8 Å². The maximum absolute atomic E-state index is 13.3. The molecule has 0 unspecified atom stereocenters. The Morgan fingerprint density at radius 1 is 1.30 bits per heavy atom. The van der Waals surface area contributed by atoms with Gasteiger partial charge in [0.15, 0.2) is 0 Å². The van der Waals surface area contributed by atoms with Crippen LogP contribution in [-0.2, 0) is 0 Å². The molecule has 1 aromatic carbocycles. The molecule has 0 spiro atoms. The van der Waals surface area contributed by atoms with Crippen LogP contribution in [0, 0.1) is 11.6 Å². The highest BCUT2D eigenvalue weighted by Gasteiger charge is 2.13. The number of pyridine rings is 1. The second-order valence-corrected chi connectivity index (χ2v) is 3.90. The Morgan fingerprint density at radius 3 is 2.45 bits per heavy atom. The van der Waals surface area contributed by atoms with Gasteiger partial charge in [0.1, 0.15) is 17.3 Å². The summed E-state index contributed by atoms with van der Waals surface area (Å²) in [5.74, 6) is -2.26. The Hall–Kier alpha value is -2.70. The normalized spacial score (nSPS) is 10.2. The van der Waals surface area contributed by atoms with Crippen molar-refractivity contribution in [2.24, 2.45) is 0 Å². The Morgan fingerprint density at radius 2 is 1.95 bits per heavy atom. The Kier molecular flexibility index (Phi) is 3.79. The molecule has 0 fully saturated rings. The number of methoxy groups -OCH3 is 1. The van der Waals surface area contributed by atoms with Gasteiger partial charge >= 0.3 is 0 Å². The van der Waals surface area contributed by atoms with Gasteiger partial charge in [0.25, 0.3) is 5.91 Å². The summed E-state index contributed by atoms with van der Waals surface area (Å²) in [7, 11) is 1.46. The standard InChI is InChI=1S/C13H11F2N3O2/c1-20-11-3-2-8(6-17-11)18-13(19)7-4-9(14)12(16)10(15)5-7/h2-6H,16H2,1H3,(H,18,19). The van der Waals surface area contributed by atoms with E-state index < -0.39 is 23.2 Å². The number of amides is 1. The van der Waals surface area contributed by atoms with E-state index in [9.17, 15) is 13.6 Å². The Bertz CT molecular complexity index is 622. The summed E-state index contributed by atoms with van der Waals surface area (Å²) in [5, 5.41) is 2.45. The van der Waals surface area contributed by atoms with Gasteiger partial charge in [0.05, 0.1) is 19.0 Å². The first-order valence-electron chi connectivity index (χ1n) is 5.57. The van der Waals surface area contributed by atoms with Gasteiger partial charge in [0, 0.05) is 11.6 Å². The Balaban J connectivity index is 2.19. The minimum atomic E-state index is -0.983. The van der Waals surface area contributed by atoms with Crippen LogP contribution >= 0.6 is 0 Å². The smallest absolute Gasteiger partial charge is 0.255 e. The molecule has 1 heterocycles. The van der Waals surface area contributed by atoms with Crippen molar-refractivity contribution in [3.63, 3.8) is 0 Å². The van der Waals surface area contributed by atoms with E-state index in [1.807, 2.05) is 0 Å². The number of carbonyl (C=O) groups excluding carboxylic acids is 1. The quantitative estimate of drug-likeness (QED) is 0.844. The minimum absolute atomic E-state index is 0.176. The number of aromatic nitrogens is 1. The highest BCUT2D eigenvalue weighted by Crippen LogP contribution is 2.18. The number of benzene rings is 1. The summed E-state index contributed by atoms with van der Waals surface area (Å²) >= 11 is 0. The number of nitrogens with one attached hydrogen (secondary N) is 1. The predicted octanol–water partition coefficient (Wildman–Crippen LogP) is 2.20. The van der Waals surface area contributed by atoms with Crippen molar-refractivity contribution in [1.82, 2.24) is 4.98 Å². The molecule has 1 amide bonds. The lowest BCUT2D eigenvalue weighted by Gasteiger charge is -2.07. The zero-order chi connectivity index (χ0) is 14.7. The monoisotopic (exact) mass is 279 g/mol. The fourth-order valence-corrected chi connectivity index (χ4v) is 1.49. The summed E-state index contributed by atoms with van der Waals surface area (Å²) in [4.78, 5) is 15.7. The molecule has 104 valence electrons. The third kappa shape index (κ3) is 2.82. The molecule has 3 N–H and O–H groups in total. The lowest BCUT2D eigenvalue weighted by atomic mass is 10.1. The summed E-state index contributed by atoms with van der Waals surface area (Å²) in [6, 6.07) is 4.82. The van der Waals surface area contributed by atoms with Crippen molar-refractivity contribution in [2.75, 3.05) is 18.2 Å². The fourth-order valence-electron chi connectivity index (χ4n) is 1.49. The van der Waals surface area contributed by atoms with Gasteiger partial charge in [-0.3, -0.25) is 4.79 Å². The van der Waals surface area contributed by atoms with Gasteiger partial charge in [-0.15, -0.1) is 0 Å². The van der Waals surface area contributed by atoms with Gasteiger partial charge in [-0.05, 0) is 18.2 Å². The maximum atomic E-state index is 13.3. The Labute approximate surface area is 113 Å². The van der Waals surface area contributed by atoms with E-state index in [0.717, 1.165) is 12.1 Å². The summed E-state index contributed by atoms with van der Waals surface area (Å²) in [5.41, 5.74) is 4.70. The molecule has 20 heavy (non-hydrogen) atoms. The highest BCUT2D eigenvalue weighted by molar-refractivity contribution is 6.04. The number of anilines is 2. The van der Waals surface area contributed by atoms with E-state index >= 15 is 0 Å². The zero-order valence-corrected chi connectivity index (χ0v) is 10.5. The second kappa shape index (κ2) is 5.52. The molecule has 0 bridgehead atoms. The van der Waals surface area contributed by atoms with Crippen LogP contribution in [0.2, 0.25) is 0 Å². The molecule has 2 rings (SSSR count). The molecule has 0 aliphatic carbocycles. The van der Waals surface area contributed by atoms with Gasteiger partial charge in [-0.1, -0.05) is 0 Å². The average molecular weight is 279 g/mol. The van der Waals surface area contributed by atoms with Gasteiger partial charge in [-0.2, -0.15) is 0 Å². The van der Waals surface area contributed by atoms with Crippen molar-refractivity contribution in [3.05, 3.63) is 47.7 Å². The number of hydrogen-bond donors (Lipinski definition) is 2. The first kappa shape index (κ1) is 13.7. The van der Waals surface area contributed by atoms with Crippen LogP contribution in [0.15, 0.2) is 30.5 Å². The van der Waals surface area contributed by atoms with Crippen molar-refractivity contribution in [3.8, 4) is 5.88 Å². The third-order valence-corrected chi connectivity index (χ3v) is 2.54. The molecule has 0 atom stereocenters. The molecule has 0 aliphatic heterocycles. The number of hydrogen-bond acceptors (Lipinski definition) is 4. The van der Waals surface area contributed by atoms with Crippen LogP contribution < -0.4 is 15.8 Å². The number of nitrogen functional groups attached to an aromatic ring is 1. The highest BCUT2D eigenvalue weighted by atomic mass is 19.1. The zero-order valence-electron chi connectivity index (χ0n) is 10.5. The van der Waals surface area contributed by atoms with Crippen LogP contribution in [0.1, 0.15) is 10.4 Å². The van der Waals surface area contributed by atoms with E-state index in [0.29, 0.717) is 11.6 Å². The fraction of sp³-hybridized carbons (Fsp3) is 0.0769. The number of ether oxygens (including phenoxy) is 1. The summed E-state index contributed by atoms with van der Waals surface area (Å²) < 4.78 is 31.4.